The van der Waals surface area contributed by atoms with Crippen LogP contribution in [-0.2, 0) is 17.8 Å². The molecule has 0 saturated carbocycles. The van der Waals surface area contributed by atoms with Crippen molar-refractivity contribution in [3.05, 3.63) is 53.6 Å². The fraction of sp³-hybridized carbons (Fsp3) is 0.605. The largest absolute Gasteiger partial charge is 0.508 e. The van der Waals surface area contributed by atoms with E-state index in [1.807, 2.05) is 31.3 Å². The predicted octanol–water partition coefficient (Wildman–Crippen LogP) is 7.24. The van der Waals surface area contributed by atoms with Crippen molar-refractivity contribution in [1.29, 1.82) is 0 Å². The molecule has 2 aromatic carbocycles. The zero-order chi connectivity index (χ0) is 34.0. The lowest BCUT2D eigenvalue weighted by atomic mass is 9.74. The number of phenolic OH excluding ortho intramolecular Hbond substituents is 1. The molecule has 3 N–H and O–H groups in total. The van der Waals surface area contributed by atoms with E-state index in [9.17, 15) is 15.0 Å². The van der Waals surface area contributed by atoms with Crippen LogP contribution in [0.2, 0.25) is 0 Å². The van der Waals surface area contributed by atoms with Crippen molar-refractivity contribution >= 4 is 5.97 Å². The van der Waals surface area contributed by atoms with Crippen LogP contribution in [0.5, 0.6) is 5.75 Å². The number of hydrogen-bond acceptors (Lipinski definition) is 8. The van der Waals surface area contributed by atoms with Crippen LogP contribution in [0.1, 0.15) is 90.7 Å². The van der Waals surface area contributed by atoms with Crippen LogP contribution in [0, 0.1) is 11.3 Å². The number of piperidine rings is 2. The lowest BCUT2D eigenvalue weighted by Gasteiger charge is -2.39. The van der Waals surface area contributed by atoms with Gasteiger partial charge < -0.3 is 25.0 Å². The average Bonchev–Trinajstić information content (AvgIpc) is 3.54. The summed E-state index contributed by atoms with van der Waals surface area (Å²) in [6.45, 7) is 16.4. The van der Waals surface area contributed by atoms with E-state index in [0.29, 0.717) is 41.6 Å². The number of hydrogen-bond donors (Lipinski definition) is 3. The first kappa shape index (κ1) is 36.6. The molecule has 2 fully saturated rings. The minimum absolute atomic E-state index is 0.246. The second-order valence-electron chi connectivity index (χ2n) is 14.9. The predicted molar refractivity (Wildman–Crippen MR) is 188 cm³/mol. The van der Waals surface area contributed by atoms with Gasteiger partial charge in [0.2, 0.25) is 5.82 Å². The Labute approximate surface area is 281 Å². The Bertz CT molecular complexity index is 1400. The number of aliphatic carboxylic acids is 1. The Hall–Kier alpha value is -3.27. The molecule has 2 saturated heterocycles. The molecule has 3 heterocycles. The van der Waals surface area contributed by atoms with Crippen molar-refractivity contribution in [3.63, 3.8) is 0 Å². The molecule has 0 spiro atoms. The van der Waals surface area contributed by atoms with Gasteiger partial charge in [0.1, 0.15) is 5.75 Å². The van der Waals surface area contributed by atoms with Crippen LogP contribution < -0.4 is 5.32 Å². The molecule has 0 atom stereocenters. The van der Waals surface area contributed by atoms with Gasteiger partial charge in [0.05, 0.1) is 5.41 Å². The molecule has 1 aromatic heterocycles. The summed E-state index contributed by atoms with van der Waals surface area (Å²) in [7, 11) is 1.96. The van der Waals surface area contributed by atoms with Crippen LogP contribution in [0.4, 0.5) is 0 Å². The van der Waals surface area contributed by atoms with Crippen molar-refractivity contribution in [3.8, 4) is 28.6 Å². The third-order valence-electron chi connectivity index (χ3n) is 9.60. The van der Waals surface area contributed by atoms with E-state index in [1.165, 1.54) is 24.8 Å². The van der Waals surface area contributed by atoms with Gasteiger partial charge in [0, 0.05) is 23.2 Å². The number of phenols is 1. The number of benzene rings is 2. The van der Waals surface area contributed by atoms with Gasteiger partial charge in [0.15, 0.2) is 0 Å². The second-order valence-corrected chi connectivity index (χ2v) is 14.9. The molecule has 5 rings (SSSR count). The minimum atomic E-state index is -0.624. The molecular formula is C38H57N5O4. The van der Waals surface area contributed by atoms with Crippen LogP contribution in [0.25, 0.3) is 22.8 Å². The monoisotopic (exact) mass is 647 g/mol. The highest BCUT2D eigenvalue weighted by Crippen LogP contribution is 2.37. The van der Waals surface area contributed by atoms with E-state index in [-0.39, 0.29) is 5.75 Å². The highest BCUT2D eigenvalue weighted by Gasteiger charge is 2.41. The lowest BCUT2D eigenvalue weighted by Crippen LogP contribution is -2.44. The first-order valence-corrected chi connectivity index (χ1v) is 17.5. The van der Waals surface area contributed by atoms with Crippen molar-refractivity contribution in [1.82, 2.24) is 25.3 Å². The summed E-state index contributed by atoms with van der Waals surface area (Å²) in [6.07, 6.45) is 7.84. The summed E-state index contributed by atoms with van der Waals surface area (Å²) in [6, 6.07) is 13.7. The normalized spacial score (nSPS) is 17.3. The van der Waals surface area contributed by atoms with E-state index in [0.717, 1.165) is 69.7 Å². The third kappa shape index (κ3) is 10.9. The Morgan fingerprint density at radius 3 is 2.19 bits per heavy atom. The number of aromatic nitrogens is 2. The van der Waals surface area contributed by atoms with Gasteiger partial charge in [0.25, 0.3) is 5.89 Å². The second kappa shape index (κ2) is 16.7. The Kier molecular flexibility index (Phi) is 13.0. The standard InChI is InChI=1S/C33H44N4O4.C5H13N/c1-24(2)21-27-11-12-28(22-29(27)38)31-34-30(35-41-31)26-9-7-25(8-10-26)23-37-19-14-33(15-20-37,32(39)40)13-6-18-36-16-4-3-5-17-36;1-5(2,3)6-4/h7-12,22,24,38H,3-6,13-21,23H2,1-2H3,(H,39,40);6H,1-4H3. The number of rotatable bonds is 11. The van der Waals surface area contributed by atoms with E-state index < -0.39 is 11.4 Å². The molecule has 258 valence electrons. The Morgan fingerprint density at radius 2 is 1.62 bits per heavy atom. The molecule has 9 heteroatoms. The number of nitrogens with one attached hydrogen (secondary N) is 1. The van der Waals surface area contributed by atoms with Gasteiger partial charge in [-0.05, 0) is 135 Å². The number of carbonyl (C=O) groups is 1. The zero-order valence-corrected chi connectivity index (χ0v) is 29.5. The van der Waals surface area contributed by atoms with E-state index in [2.05, 4.69) is 72.0 Å². The Balaban J connectivity index is 0.000000762. The molecule has 9 nitrogen and oxygen atoms in total. The fourth-order valence-corrected chi connectivity index (χ4v) is 6.32. The molecule has 0 radical (unpaired) electrons. The number of nitrogens with zero attached hydrogens (tertiary/aromatic N) is 4. The maximum Gasteiger partial charge on any atom is 0.309 e. The van der Waals surface area contributed by atoms with Crippen molar-refractivity contribution in [2.75, 3.05) is 39.8 Å². The smallest absolute Gasteiger partial charge is 0.309 e. The topological polar surface area (TPSA) is 115 Å². The number of aromatic hydroxyl groups is 1. The number of likely N-dealkylation sites (tertiary alicyclic amines) is 2. The minimum Gasteiger partial charge on any atom is -0.508 e. The van der Waals surface area contributed by atoms with E-state index >= 15 is 0 Å². The van der Waals surface area contributed by atoms with E-state index in [4.69, 9.17) is 4.52 Å². The van der Waals surface area contributed by atoms with Gasteiger partial charge in [-0.15, -0.1) is 0 Å². The quantitative estimate of drug-likeness (QED) is 0.198. The molecule has 0 bridgehead atoms. The van der Waals surface area contributed by atoms with Gasteiger partial charge in [-0.1, -0.05) is 55.8 Å². The highest BCUT2D eigenvalue weighted by atomic mass is 16.5. The summed E-state index contributed by atoms with van der Waals surface area (Å²) < 4.78 is 5.50. The average molecular weight is 648 g/mol. The van der Waals surface area contributed by atoms with Gasteiger partial charge in [-0.25, -0.2) is 0 Å². The molecule has 3 aromatic rings. The van der Waals surface area contributed by atoms with Gasteiger partial charge in [-0.3, -0.25) is 9.69 Å². The van der Waals surface area contributed by atoms with Crippen molar-refractivity contribution < 1.29 is 19.5 Å². The summed E-state index contributed by atoms with van der Waals surface area (Å²) in [4.78, 5) is 21.7. The summed E-state index contributed by atoms with van der Waals surface area (Å²) in [5.74, 6) is 0.960. The van der Waals surface area contributed by atoms with Crippen LogP contribution >= 0.6 is 0 Å². The van der Waals surface area contributed by atoms with Crippen LogP contribution in [-0.4, -0.2) is 81.4 Å². The van der Waals surface area contributed by atoms with Gasteiger partial charge >= 0.3 is 5.97 Å². The molecular weight excluding hydrogens is 590 g/mol. The highest BCUT2D eigenvalue weighted by molar-refractivity contribution is 5.74. The lowest BCUT2D eigenvalue weighted by molar-refractivity contribution is -0.153. The maximum atomic E-state index is 12.3. The Morgan fingerprint density at radius 1 is 0.979 bits per heavy atom. The SMILES string of the molecule is CC(C)Cc1ccc(-c2nc(-c3ccc(CN4CCC(CCCN5CCCCC5)(C(=O)O)CC4)cc3)no2)cc1O.CNC(C)(C)C. The summed E-state index contributed by atoms with van der Waals surface area (Å²) in [5, 5.41) is 27.8. The van der Waals surface area contributed by atoms with Crippen molar-refractivity contribution in [2.24, 2.45) is 11.3 Å². The van der Waals surface area contributed by atoms with Crippen molar-refractivity contribution in [2.45, 2.75) is 98.1 Å². The molecule has 2 aliphatic rings. The molecule has 0 unspecified atom stereocenters. The molecule has 2 aliphatic heterocycles. The third-order valence-corrected chi connectivity index (χ3v) is 9.60. The van der Waals surface area contributed by atoms with Gasteiger partial charge in [-0.2, -0.15) is 4.98 Å². The first-order valence-electron chi connectivity index (χ1n) is 17.5. The first-order chi connectivity index (χ1) is 22.4. The molecule has 0 amide bonds. The zero-order valence-electron chi connectivity index (χ0n) is 29.5. The molecule has 47 heavy (non-hydrogen) atoms. The molecule has 0 aliphatic carbocycles. The summed E-state index contributed by atoms with van der Waals surface area (Å²) in [5.41, 5.74) is 3.35. The van der Waals surface area contributed by atoms with Crippen LogP contribution in [0.3, 0.4) is 0 Å². The fourth-order valence-electron chi connectivity index (χ4n) is 6.32. The number of carboxylic acids is 1. The maximum absolute atomic E-state index is 12.3. The van der Waals surface area contributed by atoms with Crippen LogP contribution in [0.15, 0.2) is 47.0 Å². The summed E-state index contributed by atoms with van der Waals surface area (Å²) >= 11 is 0. The number of carboxylic acid groups (broad SMARTS) is 1. The van der Waals surface area contributed by atoms with E-state index in [1.54, 1.807) is 6.07 Å².